The number of rotatable bonds is 5. The van der Waals surface area contributed by atoms with Gasteiger partial charge in [0.25, 0.3) is 0 Å². The van der Waals surface area contributed by atoms with Crippen molar-refractivity contribution in [3.63, 3.8) is 0 Å². The van der Waals surface area contributed by atoms with Crippen LogP contribution in [0.4, 0.5) is 0 Å². The molecule has 14 aromatic rings. The third kappa shape index (κ3) is 6.37. The highest BCUT2D eigenvalue weighted by molar-refractivity contribution is 7.26. The number of nitrogens with zero attached hydrogens (tertiary/aromatic N) is 3. The third-order valence-electron chi connectivity index (χ3n) is 15.0. The van der Waals surface area contributed by atoms with Crippen molar-refractivity contribution >= 4 is 125 Å². The number of benzene rings is 11. The molecule has 338 valence electrons. The normalized spacial score (nSPS) is 15.2. The fourth-order valence-electron chi connectivity index (χ4n) is 11.5. The third-order valence-corrected chi connectivity index (χ3v) is 16.2. The molecule has 0 saturated heterocycles. The minimum absolute atomic E-state index is 0.0803. The lowest BCUT2D eigenvalue weighted by molar-refractivity contribution is 0.667. The van der Waals surface area contributed by atoms with E-state index in [1.165, 1.54) is 63.6 Å². The molecule has 1 atom stereocenters. The van der Waals surface area contributed by atoms with Crippen LogP contribution >= 0.6 is 11.3 Å². The first kappa shape index (κ1) is 40.9. The number of hydrogen-bond donors (Lipinski definition) is 0. The summed E-state index contributed by atoms with van der Waals surface area (Å²) < 4.78 is 12.3. The highest BCUT2D eigenvalue weighted by Gasteiger charge is 2.26. The van der Waals surface area contributed by atoms with Gasteiger partial charge in [-0.3, -0.25) is 0 Å². The van der Waals surface area contributed by atoms with Gasteiger partial charge in [-0.25, -0.2) is 9.98 Å². The van der Waals surface area contributed by atoms with E-state index >= 15 is 0 Å². The van der Waals surface area contributed by atoms with Crippen molar-refractivity contribution in [3.05, 3.63) is 241 Å². The van der Waals surface area contributed by atoms with Crippen LogP contribution in [0.5, 0.6) is 0 Å². The molecule has 0 spiro atoms. The SMILES string of the molecule is CC1C/C=C(\c2cccc3c2sc2ccccc23)N=C(c2ccc(-n3c4cc5ccccc5cc4c4c5ccccc5ccc43)c3oc4cc5ccccc5cc4c23)N=C1c1ccc(-c2ccccc2)cc1. The van der Waals surface area contributed by atoms with Crippen LogP contribution < -0.4 is 0 Å². The van der Waals surface area contributed by atoms with E-state index in [0.717, 1.165) is 84.0 Å². The van der Waals surface area contributed by atoms with Gasteiger partial charge in [0.2, 0.25) is 0 Å². The van der Waals surface area contributed by atoms with Crippen molar-refractivity contribution in [2.24, 2.45) is 15.9 Å². The van der Waals surface area contributed by atoms with Gasteiger partial charge in [-0.1, -0.05) is 183 Å². The van der Waals surface area contributed by atoms with Crippen molar-refractivity contribution in [1.29, 1.82) is 0 Å². The van der Waals surface area contributed by atoms with Crippen molar-refractivity contribution in [3.8, 4) is 16.8 Å². The average Bonchev–Trinajstić information content (AvgIpc) is 4.11. The molecular weight excluding hydrogens is 895 g/mol. The summed E-state index contributed by atoms with van der Waals surface area (Å²) in [6.45, 7) is 2.30. The maximum absolute atomic E-state index is 7.33. The number of aliphatic imine (C=N–C) groups is 2. The Hall–Kier alpha value is -8.90. The van der Waals surface area contributed by atoms with E-state index in [9.17, 15) is 0 Å². The number of hydrogen-bond acceptors (Lipinski definition) is 4. The van der Waals surface area contributed by atoms with Crippen molar-refractivity contribution < 1.29 is 4.42 Å². The summed E-state index contributed by atoms with van der Waals surface area (Å²) in [4.78, 5) is 11.6. The van der Waals surface area contributed by atoms with Crippen LogP contribution in [0.15, 0.2) is 239 Å². The summed E-state index contributed by atoms with van der Waals surface area (Å²) in [6.07, 6.45) is 3.12. The number of aromatic nitrogens is 1. The van der Waals surface area contributed by atoms with E-state index in [1.807, 2.05) is 11.3 Å². The van der Waals surface area contributed by atoms with Gasteiger partial charge in [0.15, 0.2) is 11.4 Å². The van der Waals surface area contributed by atoms with Gasteiger partial charge < -0.3 is 8.98 Å². The molecule has 0 amide bonds. The standard InChI is InChI=1S/C67H43N3OS/c1-40-26-33-56(52-24-13-23-51-50-22-11-12-25-61(50)72-66(51)52)68-67(69-64(40)44-29-27-42(28-30-44)41-14-3-2-4-15-41)53-32-35-58(65-63(53)55-37-46-18-6-8-20-48(46)39-60(55)71-65)70-57-34-31-43-16-9-10-21-49(43)62(57)54-36-45-17-5-7-19-47(45)38-59(54)70/h2-25,27-40H,26H2,1H3/b56-33+,68-67?,69-64?. The predicted molar refractivity (Wildman–Crippen MR) is 307 cm³/mol. The zero-order chi connectivity index (χ0) is 47.4. The highest BCUT2D eigenvalue weighted by atomic mass is 32.1. The number of fused-ring (bicyclic) bond motifs is 13. The molecule has 15 rings (SSSR count). The maximum Gasteiger partial charge on any atom is 0.160 e. The number of furan rings is 1. The molecule has 0 aliphatic carbocycles. The molecule has 1 aliphatic rings. The summed E-state index contributed by atoms with van der Waals surface area (Å²) in [5.41, 5.74) is 12.2. The molecule has 1 aliphatic heterocycles. The monoisotopic (exact) mass is 937 g/mol. The minimum atomic E-state index is 0.0803. The van der Waals surface area contributed by atoms with Crippen LogP contribution in [0, 0.1) is 5.92 Å². The van der Waals surface area contributed by atoms with Crippen molar-refractivity contribution in [2.75, 3.05) is 0 Å². The molecule has 1 unspecified atom stereocenters. The number of amidine groups is 1. The first-order chi connectivity index (χ1) is 35.6. The number of thiophene rings is 1. The lowest BCUT2D eigenvalue weighted by atomic mass is 9.92. The van der Waals surface area contributed by atoms with E-state index < -0.39 is 0 Å². The summed E-state index contributed by atoms with van der Waals surface area (Å²) in [5.74, 6) is 0.733. The van der Waals surface area contributed by atoms with Gasteiger partial charge in [0.1, 0.15) is 5.58 Å². The molecule has 0 saturated carbocycles. The fraction of sp³-hybridized carbons (Fsp3) is 0.0448. The first-order valence-corrected chi connectivity index (χ1v) is 25.6. The number of allylic oxidation sites excluding steroid dienone is 1. The van der Waals surface area contributed by atoms with Crippen LogP contribution in [0.3, 0.4) is 0 Å². The Morgan fingerprint density at radius 3 is 1.93 bits per heavy atom. The van der Waals surface area contributed by atoms with Crippen LogP contribution in [-0.4, -0.2) is 16.1 Å². The summed E-state index contributed by atoms with van der Waals surface area (Å²) in [6, 6.07) is 79.1. The molecule has 4 heterocycles. The largest absolute Gasteiger partial charge is 0.454 e. The second kappa shape index (κ2) is 16.1. The molecule has 0 bridgehead atoms. The molecule has 4 nitrogen and oxygen atoms in total. The lowest BCUT2D eigenvalue weighted by Gasteiger charge is -2.19. The average molecular weight is 938 g/mol. The molecule has 72 heavy (non-hydrogen) atoms. The molecule has 0 N–H and O–H groups in total. The Morgan fingerprint density at radius 2 is 1.12 bits per heavy atom. The van der Waals surface area contributed by atoms with E-state index in [4.69, 9.17) is 14.4 Å². The highest BCUT2D eigenvalue weighted by Crippen LogP contribution is 2.45. The molecule has 3 aromatic heterocycles. The van der Waals surface area contributed by atoms with E-state index in [2.05, 4.69) is 236 Å². The van der Waals surface area contributed by atoms with Crippen molar-refractivity contribution in [1.82, 2.24) is 4.57 Å². The van der Waals surface area contributed by atoms with Gasteiger partial charge in [0, 0.05) is 58.8 Å². The summed E-state index contributed by atoms with van der Waals surface area (Å²) in [5, 5.41) is 14.1. The molecular formula is C67H43N3OS. The Labute approximate surface area is 418 Å². The second-order valence-electron chi connectivity index (χ2n) is 19.2. The predicted octanol–water partition coefficient (Wildman–Crippen LogP) is 18.5. The van der Waals surface area contributed by atoms with Crippen molar-refractivity contribution in [2.45, 2.75) is 13.3 Å². The molecule has 0 radical (unpaired) electrons. The molecule has 11 aromatic carbocycles. The Balaban J connectivity index is 1.03. The zero-order valence-electron chi connectivity index (χ0n) is 39.3. The van der Waals surface area contributed by atoms with Gasteiger partial charge in [-0.05, 0) is 104 Å². The lowest BCUT2D eigenvalue weighted by Crippen LogP contribution is -2.17. The quantitative estimate of drug-likeness (QED) is 0.170. The molecule has 5 heteroatoms. The summed E-state index contributed by atoms with van der Waals surface area (Å²) in [7, 11) is 0. The zero-order valence-corrected chi connectivity index (χ0v) is 40.1. The van der Waals surface area contributed by atoms with Gasteiger partial charge in [0.05, 0.1) is 28.1 Å². The van der Waals surface area contributed by atoms with Crippen LogP contribution in [0.1, 0.15) is 30.0 Å². The smallest absolute Gasteiger partial charge is 0.160 e. The van der Waals surface area contributed by atoms with Gasteiger partial charge >= 0.3 is 0 Å². The van der Waals surface area contributed by atoms with E-state index in [1.54, 1.807) is 0 Å². The van der Waals surface area contributed by atoms with E-state index in [0.29, 0.717) is 5.84 Å². The fourth-order valence-corrected chi connectivity index (χ4v) is 12.7. The van der Waals surface area contributed by atoms with Gasteiger partial charge in [-0.15, -0.1) is 11.3 Å². The Morgan fingerprint density at radius 1 is 0.472 bits per heavy atom. The summed E-state index contributed by atoms with van der Waals surface area (Å²) >= 11 is 1.84. The Bertz CT molecular complexity index is 4660. The maximum atomic E-state index is 7.33. The van der Waals surface area contributed by atoms with E-state index in [-0.39, 0.29) is 5.92 Å². The molecule has 0 fully saturated rings. The first-order valence-electron chi connectivity index (χ1n) is 24.8. The minimum Gasteiger partial charge on any atom is -0.454 e. The Kier molecular flexibility index (Phi) is 9.14. The second-order valence-corrected chi connectivity index (χ2v) is 20.3. The van der Waals surface area contributed by atoms with Crippen LogP contribution in [0.2, 0.25) is 0 Å². The topological polar surface area (TPSA) is 42.8 Å². The van der Waals surface area contributed by atoms with Gasteiger partial charge in [-0.2, -0.15) is 0 Å². The van der Waals surface area contributed by atoms with Crippen LogP contribution in [-0.2, 0) is 0 Å². The van der Waals surface area contributed by atoms with Crippen LogP contribution in [0.25, 0.3) is 119 Å².